The van der Waals surface area contributed by atoms with Crippen molar-refractivity contribution >= 4 is 23.4 Å². The summed E-state index contributed by atoms with van der Waals surface area (Å²) in [5, 5.41) is 1.36. The molecule has 0 spiro atoms. The Bertz CT molecular complexity index is 507. The van der Waals surface area contributed by atoms with E-state index < -0.39 is 0 Å². The highest BCUT2D eigenvalue weighted by Crippen LogP contribution is 2.29. The van der Waals surface area contributed by atoms with Crippen LogP contribution in [0.15, 0.2) is 41.8 Å². The maximum absolute atomic E-state index is 5.99. The van der Waals surface area contributed by atoms with E-state index in [-0.39, 0.29) is 0 Å². The first-order chi connectivity index (χ1) is 8.31. The van der Waals surface area contributed by atoms with Gasteiger partial charge in [0.2, 0.25) is 0 Å². The van der Waals surface area contributed by atoms with Crippen molar-refractivity contribution in [3.8, 4) is 5.75 Å². The van der Waals surface area contributed by atoms with E-state index in [2.05, 4.69) is 9.97 Å². The van der Waals surface area contributed by atoms with Crippen molar-refractivity contribution in [2.45, 2.75) is 10.8 Å². The van der Waals surface area contributed by atoms with Crippen molar-refractivity contribution in [2.75, 3.05) is 7.11 Å². The molecule has 88 valence electrons. The number of rotatable bonds is 4. The lowest BCUT2D eigenvalue weighted by atomic mass is 10.2. The van der Waals surface area contributed by atoms with Gasteiger partial charge in [0.05, 0.1) is 18.3 Å². The summed E-state index contributed by atoms with van der Waals surface area (Å²) < 4.78 is 5.28. The van der Waals surface area contributed by atoms with Crippen LogP contribution in [0.25, 0.3) is 0 Å². The van der Waals surface area contributed by atoms with Crippen molar-refractivity contribution < 1.29 is 4.74 Å². The van der Waals surface area contributed by atoms with Crippen LogP contribution in [0.4, 0.5) is 0 Å². The highest BCUT2D eigenvalue weighted by atomic mass is 35.5. The monoisotopic (exact) mass is 266 g/mol. The largest absolute Gasteiger partial charge is 0.496 e. The minimum atomic E-state index is 0.576. The van der Waals surface area contributed by atoms with E-state index in [1.54, 1.807) is 25.1 Å². The van der Waals surface area contributed by atoms with E-state index >= 15 is 0 Å². The Morgan fingerprint density at radius 1 is 1.35 bits per heavy atom. The Morgan fingerprint density at radius 2 is 2.18 bits per heavy atom. The molecule has 0 fully saturated rings. The van der Waals surface area contributed by atoms with Crippen LogP contribution in [-0.2, 0) is 5.75 Å². The lowest BCUT2D eigenvalue weighted by Gasteiger charge is -2.07. The fraction of sp³-hybridized carbons (Fsp3) is 0.167. The van der Waals surface area contributed by atoms with Gasteiger partial charge in [-0.05, 0) is 6.07 Å². The molecule has 0 unspecified atom stereocenters. The van der Waals surface area contributed by atoms with E-state index in [0.717, 1.165) is 22.1 Å². The van der Waals surface area contributed by atoms with Gasteiger partial charge in [-0.15, -0.1) is 0 Å². The minimum Gasteiger partial charge on any atom is -0.496 e. The van der Waals surface area contributed by atoms with Crippen LogP contribution in [0.2, 0.25) is 5.02 Å². The minimum absolute atomic E-state index is 0.576. The molecule has 5 heteroatoms. The van der Waals surface area contributed by atoms with Gasteiger partial charge in [0.1, 0.15) is 17.1 Å². The maximum atomic E-state index is 5.99. The average molecular weight is 267 g/mol. The van der Waals surface area contributed by atoms with Crippen molar-refractivity contribution in [3.05, 3.63) is 47.4 Å². The number of benzene rings is 1. The second kappa shape index (κ2) is 5.89. The first-order valence-electron chi connectivity index (χ1n) is 5.01. The number of ether oxygens (including phenoxy) is 1. The summed E-state index contributed by atoms with van der Waals surface area (Å²) >= 11 is 7.55. The molecule has 1 aromatic heterocycles. The Kier molecular flexibility index (Phi) is 4.23. The predicted molar refractivity (Wildman–Crippen MR) is 69.6 cm³/mol. The standard InChI is InChI=1S/C12H11ClN2OS/c1-16-11-5-3-2-4-9(11)7-17-12-10(13)6-14-8-15-12/h2-6,8H,7H2,1H3. The number of para-hydroxylation sites is 1. The molecular formula is C12H11ClN2OS. The van der Waals surface area contributed by atoms with Gasteiger partial charge in [-0.2, -0.15) is 0 Å². The second-order valence-electron chi connectivity index (χ2n) is 3.28. The highest BCUT2D eigenvalue weighted by Gasteiger charge is 2.06. The third kappa shape index (κ3) is 3.11. The fourth-order valence-corrected chi connectivity index (χ4v) is 2.49. The average Bonchev–Trinajstić information content (AvgIpc) is 2.38. The lowest BCUT2D eigenvalue weighted by Crippen LogP contribution is -1.90. The molecule has 0 bridgehead atoms. The Hall–Kier alpha value is -1.26. The highest BCUT2D eigenvalue weighted by molar-refractivity contribution is 7.98. The van der Waals surface area contributed by atoms with Crippen LogP contribution in [-0.4, -0.2) is 17.1 Å². The second-order valence-corrected chi connectivity index (χ2v) is 4.65. The Balaban J connectivity index is 2.10. The molecule has 2 aromatic rings. The SMILES string of the molecule is COc1ccccc1CSc1ncncc1Cl. The van der Waals surface area contributed by atoms with Crippen LogP contribution in [0.5, 0.6) is 5.75 Å². The van der Waals surface area contributed by atoms with Gasteiger partial charge < -0.3 is 4.74 Å². The topological polar surface area (TPSA) is 35.0 Å². The van der Waals surface area contributed by atoms with Crippen molar-refractivity contribution in [1.82, 2.24) is 9.97 Å². The number of methoxy groups -OCH3 is 1. The van der Waals surface area contributed by atoms with E-state index in [1.165, 1.54) is 6.33 Å². The smallest absolute Gasteiger partial charge is 0.122 e. The fourth-order valence-electron chi connectivity index (χ4n) is 1.38. The number of hydrogen-bond acceptors (Lipinski definition) is 4. The van der Waals surface area contributed by atoms with Gasteiger partial charge in [0.15, 0.2) is 0 Å². The zero-order valence-electron chi connectivity index (χ0n) is 9.26. The van der Waals surface area contributed by atoms with Gasteiger partial charge in [-0.25, -0.2) is 9.97 Å². The van der Waals surface area contributed by atoms with Crippen LogP contribution in [0.3, 0.4) is 0 Å². The molecule has 17 heavy (non-hydrogen) atoms. The zero-order valence-corrected chi connectivity index (χ0v) is 10.8. The molecule has 1 aromatic carbocycles. The summed E-state index contributed by atoms with van der Waals surface area (Å²) in [6, 6.07) is 7.91. The first-order valence-corrected chi connectivity index (χ1v) is 6.38. The molecule has 0 aliphatic carbocycles. The van der Waals surface area contributed by atoms with Crippen LogP contribution in [0, 0.1) is 0 Å². The molecule has 0 saturated carbocycles. The third-order valence-corrected chi connectivity index (χ3v) is 3.63. The predicted octanol–water partition coefficient (Wildman–Crippen LogP) is 3.43. The van der Waals surface area contributed by atoms with E-state index in [1.807, 2.05) is 24.3 Å². The van der Waals surface area contributed by atoms with Crippen LogP contribution in [0.1, 0.15) is 5.56 Å². The number of aromatic nitrogens is 2. The molecule has 2 rings (SSSR count). The Morgan fingerprint density at radius 3 is 2.94 bits per heavy atom. The summed E-state index contributed by atoms with van der Waals surface area (Å²) in [4.78, 5) is 7.98. The van der Waals surface area contributed by atoms with Crippen LogP contribution < -0.4 is 4.74 Å². The summed E-state index contributed by atoms with van der Waals surface area (Å²) in [5.74, 6) is 1.64. The number of thioether (sulfide) groups is 1. The number of nitrogens with zero attached hydrogens (tertiary/aromatic N) is 2. The maximum Gasteiger partial charge on any atom is 0.122 e. The molecule has 0 amide bonds. The van der Waals surface area contributed by atoms with Crippen molar-refractivity contribution in [1.29, 1.82) is 0 Å². The summed E-state index contributed by atoms with van der Waals surface area (Å²) in [6.45, 7) is 0. The normalized spacial score (nSPS) is 10.2. The zero-order chi connectivity index (χ0) is 12.1. The van der Waals surface area contributed by atoms with Gasteiger partial charge in [0.25, 0.3) is 0 Å². The number of halogens is 1. The molecule has 0 atom stereocenters. The van der Waals surface area contributed by atoms with Gasteiger partial charge in [-0.1, -0.05) is 41.6 Å². The van der Waals surface area contributed by atoms with E-state index in [9.17, 15) is 0 Å². The lowest BCUT2D eigenvalue weighted by molar-refractivity contribution is 0.411. The van der Waals surface area contributed by atoms with Crippen molar-refractivity contribution in [3.63, 3.8) is 0 Å². The molecule has 0 N–H and O–H groups in total. The first kappa shape index (κ1) is 12.2. The van der Waals surface area contributed by atoms with E-state index in [4.69, 9.17) is 16.3 Å². The molecule has 0 radical (unpaired) electrons. The molecular weight excluding hydrogens is 256 g/mol. The number of hydrogen-bond donors (Lipinski definition) is 0. The van der Waals surface area contributed by atoms with Crippen molar-refractivity contribution in [2.24, 2.45) is 0 Å². The molecule has 0 aliphatic heterocycles. The Labute approximate surface area is 109 Å². The molecule has 1 heterocycles. The summed E-state index contributed by atoms with van der Waals surface area (Å²) in [7, 11) is 1.67. The van der Waals surface area contributed by atoms with Gasteiger partial charge in [0, 0.05) is 11.3 Å². The van der Waals surface area contributed by atoms with Crippen LogP contribution >= 0.6 is 23.4 Å². The quantitative estimate of drug-likeness (QED) is 0.627. The van der Waals surface area contributed by atoms with Gasteiger partial charge >= 0.3 is 0 Å². The summed E-state index contributed by atoms with van der Waals surface area (Å²) in [5.41, 5.74) is 1.12. The summed E-state index contributed by atoms with van der Waals surface area (Å²) in [6.07, 6.45) is 3.09. The molecule has 0 saturated heterocycles. The molecule has 0 aliphatic rings. The third-order valence-electron chi connectivity index (χ3n) is 2.19. The molecule has 3 nitrogen and oxygen atoms in total. The van der Waals surface area contributed by atoms with Gasteiger partial charge in [-0.3, -0.25) is 0 Å². The van der Waals surface area contributed by atoms with E-state index in [0.29, 0.717) is 5.02 Å².